The van der Waals surface area contributed by atoms with E-state index in [1.54, 1.807) is 13.8 Å². The van der Waals surface area contributed by atoms with Crippen molar-refractivity contribution in [2.75, 3.05) is 0 Å². The Morgan fingerprint density at radius 3 is 2.32 bits per heavy atom. The second kappa shape index (κ2) is 7.08. The Morgan fingerprint density at radius 1 is 1.27 bits per heavy atom. The van der Waals surface area contributed by atoms with Gasteiger partial charge in [0.15, 0.2) is 0 Å². The Bertz CT molecular complexity index is 686. The van der Waals surface area contributed by atoms with E-state index >= 15 is 0 Å². The molecule has 9 heteroatoms. The van der Waals surface area contributed by atoms with Gasteiger partial charge in [-0.3, -0.25) is 0 Å². The molecule has 1 N–H and O–H groups in total. The number of aliphatic carboxylic acids is 1. The number of carbonyl (C=O) groups excluding carboxylic acids is 2. The molecule has 22 heavy (non-hydrogen) atoms. The average Bonchev–Trinajstić information content (AvgIpc) is 2.36. The number of rotatable bonds is 7. The number of benzene rings is 1. The van der Waals surface area contributed by atoms with Gasteiger partial charge in [0.05, 0.1) is 23.0 Å². The molecule has 0 saturated carbocycles. The molecule has 1 rings (SSSR count). The van der Waals surface area contributed by atoms with Gasteiger partial charge < -0.3 is 19.8 Å². The van der Waals surface area contributed by atoms with Gasteiger partial charge in [0.1, 0.15) is 4.90 Å². The van der Waals surface area contributed by atoms with E-state index in [2.05, 4.69) is 0 Å². The van der Waals surface area contributed by atoms with Crippen LogP contribution in [0.1, 0.15) is 30.6 Å². The minimum atomic E-state index is -4.33. The lowest BCUT2D eigenvalue weighted by Gasteiger charge is -2.22. The Hall–Kier alpha value is -1.64. The fourth-order valence-corrected chi connectivity index (χ4v) is 3.47. The first-order valence-corrected chi connectivity index (χ1v) is 8.14. The monoisotopic (exact) mass is 347 g/mol. The number of carboxylic acids is 2. The second-order valence-electron chi connectivity index (χ2n) is 5.06. The van der Waals surface area contributed by atoms with Gasteiger partial charge >= 0.3 is 0 Å². The van der Waals surface area contributed by atoms with E-state index in [9.17, 15) is 28.2 Å². The van der Waals surface area contributed by atoms with Gasteiger partial charge in [-0.1, -0.05) is 31.5 Å². The molecule has 7 nitrogen and oxygen atoms in total. The van der Waals surface area contributed by atoms with Crippen molar-refractivity contribution in [1.82, 2.24) is 4.72 Å². The number of halogens is 1. The van der Waals surface area contributed by atoms with Crippen molar-refractivity contribution in [2.45, 2.75) is 31.2 Å². The molecule has 0 fully saturated rings. The van der Waals surface area contributed by atoms with E-state index in [1.165, 1.54) is 0 Å². The zero-order chi connectivity index (χ0) is 17.1. The van der Waals surface area contributed by atoms with Crippen molar-refractivity contribution >= 4 is 33.6 Å². The van der Waals surface area contributed by atoms with E-state index < -0.39 is 38.5 Å². The van der Waals surface area contributed by atoms with Crippen molar-refractivity contribution in [2.24, 2.45) is 5.92 Å². The fraction of sp³-hybridized carbons (Fsp3) is 0.385. The molecule has 0 aliphatic carbocycles. The van der Waals surface area contributed by atoms with Gasteiger partial charge in [0.25, 0.3) is 0 Å². The van der Waals surface area contributed by atoms with Crippen molar-refractivity contribution in [3.05, 3.63) is 28.8 Å². The first kappa shape index (κ1) is 18.4. The summed E-state index contributed by atoms with van der Waals surface area (Å²) in [5.74, 6) is -3.26. The largest absolute Gasteiger partial charge is 0.548 e. The third kappa shape index (κ3) is 4.69. The van der Waals surface area contributed by atoms with E-state index in [0.717, 1.165) is 18.2 Å². The summed E-state index contributed by atoms with van der Waals surface area (Å²) in [5.41, 5.74) is -0.390. The van der Waals surface area contributed by atoms with Gasteiger partial charge in [0.2, 0.25) is 10.0 Å². The van der Waals surface area contributed by atoms with Crippen molar-refractivity contribution < 1.29 is 28.2 Å². The number of sulfonamides is 1. The number of carbonyl (C=O) groups is 2. The highest BCUT2D eigenvalue weighted by molar-refractivity contribution is 7.89. The van der Waals surface area contributed by atoms with Gasteiger partial charge in [-0.15, -0.1) is 0 Å². The van der Waals surface area contributed by atoms with Crippen LogP contribution in [0.5, 0.6) is 0 Å². The first-order chi connectivity index (χ1) is 10.0. The van der Waals surface area contributed by atoms with Gasteiger partial charge in [-0.05, 0) is 30.0 Å². The zero-order valence-corrected chi connectivity index (χ0v) is 13.4. The molecule has 0 aliphatic heterocycles. The molecule has 0 saturated heterocycles. The SMILES string of the molecule is CC(C)C[C@H](NS(=O)(=O)c1cc(C(=O)[O-])ccc1Cl)C(=O)[O-]. The Morgan fingerprint density at radius 2 is 1.86 bits per heavy atom. The predicted molar refractivity (Wildman–Crippen MR) is 74.4 cm³/mol. The molecule has 1 aromatic carbocycles. The maximum absolute atomic E-state index is 12.2. The molecule has 1 aromatic rings. The summed E-state index contributed by atoms with van der Waals surface area (Å²) in [4.78, 5) is 21.3. The third-order valence-electron chi connectivity index (χ3n) is 2.75. The average molecular weight is 348 g/mol. The number of carboxylic acid groups (broad SMARTS) is 2. The summed E-state index contributed by atoms with van der Waals surface area (Å²) < 4.78 is 26.4. The van der Waals surface area contributed by atoms with Crippen LogP contribution >= 0.6 is 11.6 Å². The lowest BCUT2D eigenvalue weighted by molar-refractivity contribution is -0.308. The molecule has 0 radical (unpaired) electrons. The standard InChI is InChI=1S/C13H16ClNO6S/c1-7(2)5-10(13(18)19)15-22(20,21)11-6-8(12(16)17)3-4-9(11)14/h3-4,6-7,10,15H,5H2,1-2H3,(H,16,17)(H,18,19)/p-2/t10-/m0/s1. The molecule has 0 heterocycles. The van der Waals surface area contributed by atoms with Crippen LogP contribution < -0.4 is 14.9 Å². The maximum atomic E-state index is 12.2. The first-order valence-electron chi connectivity index (χ1n) is 6.28. The molecular weight excluding hydrogens is 334 g/mol. The second-order valence-corrected chi connectivity index (χ2v) is 7.14. The van der Waals surface area contributed by atoms with Crippen LogP contribution in [0, 0.1) is 5.92 Å². The van der Waals surface area contributed by atoms with E-state index in [-0.39, 0.29) is 17.4 Å². The molecule has 122 valence electrons. The summed E-state index contributed by atoms with van der Waals surface area (Å²) in [7, 11) is -4.33. The summed E-state index contributed by atoms with van der Waals surface area (Å²) in [6, 6.07) is 1.52. The Labute approximate surface area is 133 Å². The van der Waals surface area contributed by atoms with Crippen molar-refractivity contribution in [1.29, 1.82) is 0 Å². The fourth-order valence-electron chi connectivity index (χ4n) is 1.75. The molecule has 1 atom stereocenters. The topological polar surface area (TPSA) is 126 Å². The summed E-state index contributed by atoms with van der Waals surface area (Å²) in [6.07, 6.45) is 0.0133. The van der Waals surface area contributed by atoms with E-state index in [4.69, 9.17) is 11.6 Å². The van der Waals surface area contributed by atoms with Gasteiger partial charge in [0, 0.05) is 0 Å². The highest BCUT2D eigenvalue weighted by atomic mass is 35.5. The molecule has 0 bridgehead atoms. The summed E-state index contributed by atoms with van der Waals surface area (Å²) in [6.45, 7) is 3.43. The quantitative estimate of drug-likeness (QED) is 0.684. The molecule has 0 spiro atoms. The smallest absolute Gasteiger partial charge is 0.242 e. The lowest BCUT2D eigenvalue weighted by atomic mass is 10.1. The molecule has 0 aliphatic rings. The number of nitrogens with one attached hydrogen (secondary N) is 1. The highest BCUT2D eigenvalue weighted by Gasteiger charge is 2.24. The predicted octanol–water partition coefficient (Wildman–Crippen LogP) is -0.854. The lowest BCUT2D eigenvalue weighted by Crippen LogP contribution is -2.48. The number of hydrogen-bond acceptors (Lipinski definition) is 6. The van der Waals surface area contributed by atoms with Crippen LogP contribution in [-0.4, -0.2) is 26.4 Å². The molecule has 0 unspecified atom stereocenters. The normalized spacial score (nSPS) is 13.1. The van der Waals surface area contributed by atoms with Crippen LogP contribution in [0.15, 0.2) is 23.1 Å². The van der Waals surface area contributed by atoms with E-state index in [1.807, 2.05) is 4.72 Å². The summed E-state index contributed by atoms with van der Waals surface area (Å²) >= 11 is 5.76. The molecule has 0 amide bonds. The maximum Gasteiger partial charge on any atom is 0.242 e. The molecular formula is C13H14ClNO6S-2. The van der Waals surface area contributed by atoms with Crippen molar-refractivity contribution in [3.63, 3.8) is 0 Å². The zero-order valence-electron chi connectivity index (χ0n) is 11.8. The number of hydrogen-bond donors (Lipinski definition) is 1. The summed E-state index contributed by atoms with van der Waals surface area (Å²) in [5, 5.41) is 21.6. The highest BCUT2D eigenvalue weighted by Crippen LogP contribution is 2.23. The van der Waals surface area contributed by atoms with Crippen LogP contribution in [0.25, 0.3) is 0 Å². The van der Waals surface area contributed by atoms with Gasteiger partial charge in [-0.25, -0.2) is 13.1 Å². The Kier molecular flexibility index (Phi) is 5.92. The minimum absolute atomic E-state index is 0.0133. The Balaban J connectivity index is 3.20. The molecule has 0 aromatic heterocycles. The van der Waals surface area contributed by atoms with E-state index in [0.29, 0.717) is 0 Å². The minimum Gasteiger partial charge on any atom is -0.548 e. The van der Waals surface area contributed by atoms with Crippen molar-refractivity contribution in [3.8, 4) is 0 Å². The van der Waals surface area contributed by atoms with Crippen LogP contribution in [0.2, 0.25) is 5.02 Å². The van der Waals surface area contributed by atoms with Crippen LogP contribution in [0.4, 0.5) is 0 Å². The number of aromatic carboxylic acids is 1. The van der Waals surface area contributed by atoms with Gasteiger partial charge in [-0.2, -0.15) is 0 Å². The third-order valence-corrected chi connectivity index (χ3v) is 4.70. The van der Waals surface area contributed by atoms with Crippen LogP contribution in [-0.2, 0) is 14.8 Å². The van der Waals surface area contributed by atoms with Crippen LogP contribution in [0.3, 0.4) is 0 Å².